The van der Waals surface area contributed by atoms with Crippen molar-refractivity contribution in [1.29, 1.82) is 0 Å². The summed E-state index contributed by atoms with van der Waals surface area (Å²) in [7, 11) is 0. The number of aromatic nitrogens is 2. The van der Waals surface area contributed by atoms with E-state index < -0.39 is 11.9 Å². The number of aliphatic carboxylic acids is 1. The topological polar surface area (TPSA) is 92.3 Å². The molecule has 1 aliphatic rings. The molecule has 1 unspecified atom stereocenters. The van der Waals surface area contributed by atoms with Crippen LogP contribution in [-0.2, 0) is 11.2 Å². The van der Waals surface area contributed by atoms with Gasteiger partial charge in [-0.15, -0.1) is 0 Å². The molecule has 1 atom stereocenters. The van der Waals surface area contributed by atoms with Crippen LogP contribution in [0.3, 0.4) is 0 Å². The molecule has 2 aromatic rings. The number of hydrogen-bond donors (Lipinski definition) is 2. The number of carboxylic acids is 1. The van der Waals surface area contributed by atoms with Crippen LogP contribution in [0.2, 0.25) is 0 Å². The van der Waals surface area contributed by atoms with Gasteiger partial charge in [0.1, 0.15) is 11.6 Å². The van der Waals surface area contributed by atoms with Gasteiger partial charge in [0.2, 0.25) is 0 Å². The Bertz CT molecular complexity index is 768. The van der Waals surface area contributed by atoms with E-state index in [0.717, 1.165) is 54.3 Å². The van der Waals surface area contributed by atoms with Crippen molar-refractivity contribution < 1.29 is 9.90 Å². The van der Waals surface area contributed by atoms with Crippen molar-refractivity contribution in [2.75, 3.05) is 23.7 Å². The molecule has 0 aliphatic carbocycles. The first-order valence-corrected chi connectivity index (χ1v) is 8.65. The van der Waals surface area contributed by atoms with Gasteiger partial charge in [-0.05, 0) is 44.4 Å². The van der Waals surface area contributed by atoms with E-state index in [1.807, 2.05) is 31.2 Å². The molecule has 6 heteroatoms. The van der Waals surface area contributed by atoms with Crippen molar-refractivity contribution in [2.45, 2.75) is 39.0 Å². The molecule has 1 saturated heterocycles. The Morgan fingerprint density at radius 2 is 1.88 bits per heavy atom. The van der Waals surface area contributed by atoms with Crippen LogP contribution in [-0.4, -0.2) is 34.1 Å². The molecule has 132 valence electrons. The second kappa shape index (κ2) is 7.09. The summed E-state index contributed by atoms with van der Waals surface area (Å²) in [4.78, 5) is 23.1. The van der Waals surface area contributed by atoms with Gasteiger partial charge in [0.25, 0.3) is 0 Å². The van der Waals surface area contributed by atoms with Crippen molar-refractivity contribution >= 4 is 17.5 Å². The Morgan fingerprint density at radius 3 is 2.48 bits per heavy atom. The van der Waals surface area contributed by atoms with Crippen molar-refractivity contribution in [3.63, 3.8) is 0 Å². The molecule has 0 radical (unpaired) electrons. The lowest BCUT2D eigenvalue weighted by Crippen LogP contribution is -2.25. The zero-order chi connectivity index (χ0) is 18.0. The predicted molar refractivity (Wildman–Crippen MR) is 97.9 cm³/mol. The van der Waals surface area contributed by atoms with E-state index in [1.54, 1.807) is 6.92 Å². The lowest BCUT2D eigenvalue weighted by Gasteiger charge is -2.24. The number of nitrogen functional groups attached to an aromatic ring is 1. The summed E-state index contributed by atoms with van der Waals surface area (Å²) in [6, 6.07) is 7.67. The average molecular weight is 340 g/mol. The number of nitrogens with two attached hydrogens (primary N) is 1. The fourth-order valence-electron chi connectivity index (χ4n) is 3.32. The lowest BCUT2D eigenvalue weighted by molar-refractivity contribution is -0.138. The third-order valence-electron chi connectivity index (χ3n) is 4.71. The van der Waals surface area contributed by atoms with Crippen LogP contribution in [0.15, 0.2) is 24.3 Å². The van der Waals surface area contributed by atoms with E-state index in [1.165, 1.54) is 0 Å². The van der Waals surface area contributed by atoms with Crippen molar-refractivity contribution in [3.05, 3.63) is 46.9 Å². The summed E-state index contributed by atoms with van der Waals surface area (Å²) in [6.07, 6.45) is 2.82. The summed E-state index contributed by atoms with van der Waals surface area (Å²) in [5.41, 5.74) is 9.03. The summed E-state index contributed by atoms with van der Waals surface area (Å²) in [5, 5.41) is 9.47. The van der Waals surface area contributed by atoms with Crippen LogP contribution in [0.25, 0.3) is 0 Å². The molecule has 1 aromatic carbocycles. The second-order valence-electron chi connectivity index (χ2n) is 6.63. The summed E-state index contributed by atoms with van der Waals surface area (Å²) < 4.78 is 0. The number of nitrogens with zero attached hydrogens (tertiary/aromatic N) is 3. The molecule has 2 heterocycles. The Labute approximate surface area is 147 Å². The van der Waals surface area contributed by atoms with Crippen LogP contribution in [0.5, 0.6) is 0 Å². The number of hydrogen-bond acceptors (Lipinski definition) is 5. The van der Waals surface area contributed by atoms with E-state index in [4.69, 9.17) is 10.7 Å². The van der Waals surface area contributed by atoms with Gasteiger partial charge in [0.05, 0.1) is 5.92 Å². The molecule has 0 bridgehead atoms. The lowest BCUT2D eigenvalue weighted by atomic mass is 9.99. The van der Waals surface area contributed by atoms with E-state index in [-0.39, 0.29) is 0 Å². The maximum atomic E-state index is 11.5. The third kappa shape index (κ3) is 3.73. The van der Waals surface area contributed by atoms with Crippen molar-refractivity contribution in [3.8, 4) is 0 Å². The molecule has 3 N–H and O–H groups in total. The van der Waals surface area contributed by atoms with Crippen LogP contribution >= 0.6 is 0 Å². The summed E-state index contributed by atoms with van der Waals surface area (Å²) in [6.45, 7) is 5.41. The first kappa shape index (κ1) is 17.2. The Balaban J connectivity index is 2.00. The number of carboxylic acid groups (broad SMARTS) is 1. The highest BCUT2D eigenvalue weighted by atomic mass is 16.4. The first-order valence-electron chi connectivity index (χ1n) is 8.65. The first-order chi connectivity index (χ1) is 12.0. The smallest absolute Gasteiger partial charge is 0.310 e. The molecular formula is C19H24N4O2. The van der Waals surface area contributed by atoms with Crippen molar-refractivity contribution in [1.82, 2.24) is 9.97 Å². The maximum Gasteiger partial charge on any atom is 0.310 e. The van der Waals surface area contributed by atoms with Gasteiger partial charge in [-0.2, -0.15) is 0 Å². The van der Waals surface area contributed by atoms with Gasteiger partial charge < -0.3 is 15.7 Å². The minimum atomic E-state index is -0.849. The fraction of sp³-hybridized carbons (Fsp3) is 0.421. The van der Waals surface area contributed by atoms with Gasteiger partial charge in [-0.25, -0.2) is 9.97 Å². The summed E-state index contributed by atoms with van der Waals surface area (Å²) in [5.74, 6) is 0.0236. The quantitative estimate of drug-likeness (QED) is 0.813. The molecule has 1 fully saturated rings. The van der Waals surface area contributed by atoms with E-state index in [9.17, 15) is 9.90 Å². The standard InChI is InChI=1S/C19H24N4O2/c1-12(19(24)25)17-13(2)21-16(11-14-5-7-15(20)8-6-14)22-18(17)23-9-3-4-10-23/h5-8,12H,3-4,9-11,20H2,1-2H3,(H,24,25). The van der Waals surface area contributed by atoms with Gasteiger partial charge in [0, 0.05) is 36.5 Å². The number of rotatable bonds is 5. The zero-order valence-electron chi connectivity index (χ0n) is 14.7. The molecular weight excluding hydrogens is 316 g/mol. The molecule has 1 aliphatic heterocycles. The largest absolute Gasteiger partial charge is 0.481 e. The molecule has 0 saturated carbocycles. The normalized spacial score (nSPS) is 15.4. The highest BCUT2D eigenvalue weighted by Crippen LogP contribution is 2.31. The highest BCUT2D eigenvalue weighted by Gasteiger charge is 2.27. The minimum Gasteiger partial charge on any atom is -0.481 e. The molecule has 0 amide bonds. The molecule has 0 spiro atoms. The number of carbonyl (C=O) groups is 1. The molecule has 1 aromatic heterocycles. The Morgan fingerprint density at radius 1 is 1.24 bits per heavy atom. The van der Waals surface area contributed by atoms with E-state index >= 15 is 0 Å². The number of anilines is 2. The molecule has 3 rings (SSSR count). The van der Waals surface area contributed by atoms with Crippen molar-refractivity contribution in [2.24, 2.45) is 0 Å². The van der Waals surface area contributed by atoms with Gasteiger partial charge in [-0.1, -0.05) is 12.1 Å². The number of aryl methyl sites for hydroxylation is 1. The monoisotopic (exact) mass is 340 g/mol. The Hall–Kier alpha value is -2.63. The average Bonchev–Trinajstić information content (AvgIpc) is 3.10. The minimum absolute atomic E-state index is 0.601. The predicted octanol–water partition coefficient (Wildman–Crippen LogP) is 2.75. The SMILES string of the molecule is Cc1nc(Cc2ccc(N)cc2)nc(N2CCCC2)c1C(C)C(=O)O. The van der Waals surface area contributed by atoms with E-state index in [2.05, 4.69) is 9.88 Å². The summed E-state index contributed by atoms with van der Waals surface area (Å²) >= 11 is 0. The third-order valence-corrected chi connectivity index (χ3v) is 4.71. The van der Waals surface area contributed by atoms with Gasteiger partial charge in [-0.3, -0.25) is 4.79 Å². The van der Waals surface area contributed by atoms with Crippen LogP contribution in [0.1, 0.15) is 48.3 Å². The second-order valence-corrected chi connectivity index (χ2v) is 6.63. The van der Waals surface area contributed by atoms with Crippen LogP contribution in [0.4, 0.5) is 11.5 Å². The Kier molecular flexibility index (Phi) is 4.88. The zero-order valence-corrected chi connectivity index (χ0v) is 14.7. The molecule has 25 heavy (non-hydrogen) atoms. The number of benzene rings is 1. The van der Waals surface area contributed by atoms with Crippen LogP contribution in [0, 0.1) is 6.92 Å². The van der Waals surface area contributed by atoms with Crippen LogP contribution < -0.4 is 10.6 Å². The van der Waals surface area contributed by atoms with Gasteiger partial charge >= 0.3 is 5.97 Å². The van der Waals surface area contributed by atoms with Gasteiger partial charge in [0.15, 0.2) is 0 Å². The van der Waals surface area contributed by atoms with E-state index in [0.29, 0.717) is 12.2 Å². The maximum absolute atomic E-state index is 11.5. The fourth-order valence-corrected chi connectivity index (χ4v) is 3.32. The highest BCUT2D eigenvalue weighted by molar-refractivity contribution is 5.78. The molecule has 6 nitrogen and oxygen atoms in total.